The van der Waals surface area contributed by atoms with Crippen LogP contribution in [0.2, 0.25) is 18.1 Å². The predicted molar refractivity (Wildman–Crippen MR) is 179 cm³/mol. The normalized spacial score (nSPS) is 23.2. The Labute approximate surface area is 280 Å². The Hall–Kier alpha value is -2.36. The highest BCUT2D eigenvalue weighted by molar-refractivity contribution is 7.89. The highest BCUT2D eigenvalue weighted by Crippen LogP contribution is 2.39. The van der Waals surface area contributed by atoms with Crippen LogP contribution in [0.25, 0.3) is 0 Å². The maximum atomic E-state index is 14.1. The average Bonchev–Trinajstić information content (AvgIpc) is 3.34. The lowest BCUT2D eigenvalue weighted by Gasteiger charge is -2.38. The van der Waals surface area contributed by atoms with Crippen molar-refractivity contribution < 1.29 is 46.1 Å². The van der Waals surface area contributed by atoms with E-state index < -0.39 is 60.7 Å². The van der Waals surface area contributed by atoms with Crippen LogP contribution in [-0.2, 0) is 49.5 Å². The summed E-state index contributed by atoms with van der Waals surface area (Å²) in [5.74, 6) is -1.42. The van der Waals surface area contributed by atoms with Crippen molar-refractivity contribution in [3.8, 4) is 5.75 Å². The van der Waals surface area contributed by atoms with E-state index in [1.165, 1.54) is 31.4 Å². The van der Waals surface area contributed by atoms with Gasteiger partial charge in [0.25, 0.3) is 0 Å². The Kier molecular flexibility index (Phi) is 12.3. The van der Waals surface area contributed by atoms with Crippen molar-refractivity contribution in [3.05, 3.63) is 60.2 Å². The minimum Gasteiger partial charge on any atom is -0.497 e. The summed E-state index contributed by atoms with van der Waals surface area (Å²) >= 11 is 0. The van der Waals surface area contributed by atoms with Gasteiger partial charge in [-0.15, -0.1) is 0 Å². The third-order valence-corrected chi connectivity index (χ3v) is 14.8. The van der Waals surface area contributed by atoms with E-state index in [-0.39, 0.29) is 23.1 Å². The molecule has 2 aromatic carbocycles. The van der Waals surface area contributed by atoms with Crippen molar-refractivity contribution in [3.63, 3.8) is 0 Å². The van der Waals surface area contributed by atoms with Gasteiger partial charge in [-0.25, -0.2) is 8.42 Å². The molecule has 2 saturated heterocycles. The Balaban J connectivity index is 1.73. The molecule has 2 fully saturated rings. The van der Waals surface area contributed by atoms with Crippen molar-refractivity contribution in [2.24, 2.45) is 0 Å². The van der Waals surface area contributed by atoms with E-state index >= 15 is 0 Å². The Morgan fingerprint density at radius 3 is 2.32 bits per heavy atom. The molecule has 0 bridgehead atoms. The Morgan fingerprint density at radius 2 is 1.72 bits per heavy atom. The third-order valence-electron chi connectivity index (χ3n) is 8.87. The second kappa shape index (κ2) is 15.5. The van der Waals surface area contributed by atoms with Gasteiger partial charge in [0.1, 0.15) is 36.7 Å². The molecule has 0 amide bonds. The molecule has 13 heteroatoms. The van der Waals surface area contributed by atoms with Crippen molar-refractivity contribution in [1.82, 2.24) is 4.72 Å². The highest BCUT2D eigenvalue weighted by Gasteiger charge is 2.52. The lowest BCUT2D eigenvalue weighted by atomic mass is 10.0. The molecular formula is C34H51NO10SSi. The first kappa shape index (κ1) is 37.5. The molecule has 0 saturated carbocycles. The summed E-state index contributed by atoms with van der Waals surface area (Å²) in [6, 6.07) is 13.5. The number of carbonyl (C=O) groups is 1. The van der Waals surface area contributed by atoms with Crippen LogP contribution in [0.5, 0.6) is 5.75 Å². The van der Waals surface area contributed by atoms with Gasteiger partial charge in [-0.2, -0.15) is 4.72 Å². The van der Waals surface area contributed by atoms with Crippen molar-refractivity contribution in [2.75, 3.05) is 20.3 Å². The minimum atomic E-state index is -4.28. The number of ether oxygens (including phenoxy) is 6. The van der Waals surface area contributed by atoms with Crippen molar-refractivity contribution in [2.45, 2.75) is 120 Å². The maximum absolute atomic E-state index is 14.1. The molecule has 11 nitrogen and oxygen atoms in total. The first-order chi connectivity index (χ1) is 22.0. The lowest BCUT2D eigenvalue weighted by Crippen LogP contribution is -2.58. The number of esters is 1. The van der Waals surface area contributed by atoms with Crippen molar-refractivity contribution in [1.29, 1.82) is 0 Å². The molecule has 2 aromatic rings. The summed E-state index contributed by atoms with van der Waals surface area (Å²) in [5, 5.41) is -0.0684. The summed E-state index contributed by atoms with van der Waals surface area (Å²) < 4.78 is 73.1. The van der Waals surface area contributed by atoms with E-state index in [1.54, 1.807) is 13.8 Å². The monoisotopic (exact) mass is 693 g/mol. The van der Waals surface area contributed by atoms with Gasteiger partial charge in [0.15, 0.2) is 20.4 Å². The Bertz CT molecular complexity index is 1410. The zero-order chi connectivity index (χ0) is 34.5. The van der Waals surface area contributed by atoms with Gasteiger partial charge in [-0.1, -0.05) is 51.1 Å². The fraction of sp³-hybridized carbons (Fsp3) is 0.618. The first-order valence-corrected chi connectivity index (χ1v) is 20.5. The number of methoxy groups -OCH3 is 1. The first-order valence-electron chi connectivity index (χ1n) is 16.1. The van der Waals surface area contributed by atoms with E-state index in [0.717, 1.165) is 18.4 Å². The summed E-state index contributed by atoms with van der Waals surface area (Å²) in [6.07, 6.45) is -1.23. The summed E-state index contributed by atoms with van der Waals surface area (Å²) in [7, 11) is -5.01. The molecule has 1 N–H and O–H groups in total. The molecule has 4 rings (SSSR count). The summed E-state index contributed by atoms with van der Waals surface area (Å²) in [5.41, 5.74) is 0.743. The molecule has 2 unspecified atom stereocenters. The zero-order valence-corrected chi connectivity index (χ0v) is 30.6. The van der Waals surface area contributed by atoms with Crippen LogP contribution in [-0.4, -0.2) is 79.5 Å². The molecule has 5 atom stereocenters. The SMILES string of the molecule is COc1ccc(S(=O)(=O)NC(C(=O)OCc2ccccc2)[C@H](OC2CCCCO2)[C@@H]2OC(C)(C)O[C@H]2CO[Si](C)(C)C(C)(C)C)cc1. The number of benzene rings is 2. The van der Waals surface area contributed by atoms with Crippen molar-refractivity contribution >= 4 is 24.3 Å². The van der Waals surface area contributed by atoms with Crippen LogP contribution in [0, 0.1) is 0 Å². The molecule has 47 heavy (non-hydrogen) atoms. The van der Waals surface area contributed by atoms with Crippen LogP contribution in [0.3, 0.4) is 0 Å². The number of hydrogen-bond acceptors (Lipinski definition) is 10. The smallest absolute Gasteiger partial charge is 0.327 e. The van der Waals surface area contributed by atoms with E-state index in [1.807, 2.05) is 30.3 Å². The van der Waals surface area contributed by atoms with E-state index in [0.29, 0.717) is 18.8 Å². The summed E-state index contributed by atoms with van der Waals surface area (Å²) in [6.45, 7) is 14.8. The molecule has 2 aliphatic rings. The molecule has 0 spiro atoms. The number of rotatable bonds is 14. The van der Waals surface area contributed by atoms with Gasteiger partial charge >= 0.3 is 5.97 Å². The average molecular weight is 694 g/mol. The van der Waals surface area contributed by atoms with Crippen LogP contribution in [0.1, 0.15) is 59.4 Å². The van der Waals surface area contributed by atoms with Gasteiger partial charge in [-0.3, -0.25) is 4.79 Å². The fourth-order valence-electron chi connectivity index (χ4n) is 5.17. The number of hydrogen-bond donors (Lipinski definition) is 1. The number of sulfonamides is 1. The summed E-state index contributed by atoms with van der Waals surface area (Å²) in [4.78, 5) is 14.0. The molecule has 0 aromatic heterocycles. The van der Waals surface area contributed by atoms with Gasteiger partial charge in [0.05, 0.1) is 18.6 Å². The molecule has 262 valence electrons. The van der Waals surface area contributed by atoms with Crippen LogP contribution in [0.15, 0.2) is 59.5 Å². The van der Waals surface area contributed by atoms with Gasteiger partial charge in [0, 0.05) is 6.61 Å². The quantitative estimate of drug-likeness (QED) is 0.199. The fourth-order valence-corrected chi connectivity index (χ4v) is 7.38. The second-order valence-corrected chi connectivity index (χ2v) is 20.5. The van der Waals surface area contributed by atoms with Crippen LogP contribution in [0.4, 0.5) is 0 Å². The zero-order valence-electron chi connectivity index (χ0n) is 28.8. The molecule has 0 aliphatic carbocycles. The topological polar surface area (TPSA) is 128 Å². The Morgan fingerprint density at radius 1 is 1.04 bits per heavy atom. The minimum absolute atomic E-state index is 0.0615. The number of nitrogens with one attached hydrogen (secondary N) is 1. The van der Waals surface area contributed by atoms with E-state index in [9.17, 15) is 13.2 Å². The highest BCUT2D eigenvalue weighted by atomic mass is 32.2. The van der Waals surface area contributed by atoms with Crippen LogP contribution < -0.4 is 9.46 Å². The van der Waals surface area contributed by atoms with Gasteiger partial charge < -0.3 is 32.8 Å². The van der Waals surface area contributed by atoms with Gasteiger partial charge in [-0.05, 0) is 81.1 Å². The van der Waals surface area contributed by atoms with E-state index in [4.69, 9.17) is 32.8 Å². The largest absolute Gasteiger partial charge is 0.497 e. The van der Waals surface area contributed by atoms with Gasteiger partial charge in [0.2, 0.25) is 10.0 Å². The van der Waals surface area contributed by atoms with Crippen LogP contribution >= 0.6 is 0 Å². The lowest BCUT2D eigenvalue weighted by molar-refractivity contribution is -0.226. The van der Waals surface area contributed by atoms with E-state index in [2.05, 4.69) is 38.6 Å². The molecule has 2 heterocycles. The molecular weight excluding hydrogens is 643 g/mol. The number of carbonyl (C=O) groups excluding carboxylic acids is 1. The maximum Gasteiger partial charge on any atom is 0.327 e. The predicted octanol–water partition coefficient (Wildman–Crippen LogP) is 5.54. The standard InChI is InChI=1S/C34H51NO10SSi/c1-33(2,3)47(7,8)42-23-27-30(45-34(4,5)44-27)31(43-28-16-12-13-21-40-28)29(32(36)41-22-24-14-10-9-11-15-24)35-46(37,38)26-19-17-25(39-6)18-20-26/h9-11,14-15,17-20,27-31,35H,12-13,16,21-23H2,1-8H3/t27-,28?,29?,30+,31-/m0/s1. The third kappa shape index (κ3) is 10.1. The molecule has 2 aliphatic heterocycles. The second-order valence-electron chi connectivity index (χ2n) is 14.0. The molecule has 0 radical (unpaired) electrons.